The summed E-state index contributed by atoms with van der Waals surface area (Å²) in [6, 6.07) is 12.6. The molecule has 1 aromatic heterocycles. The molecule has 0 bridgehead atoms. The molecule has 1 N–H and O–H groups in total. The van der Waals surface area contributed by atoms with E-state index >= 15 is 0 Å². The van der Waals surface area contributed by atoms with Crippen LogP contribution >= 0.6 is 0 Å². The highest BCUT2D eigenvalue weighted by atomic mass is 16.2. The summed E-state index contributed by atoms with van der Waals surface area (Å²) in [4.78, 5) is 42.7. The van der Waals surface area contributed by atoms with Gasteiger partial charge in [-0.25, -0.2) is 0 Å². The molecule has 3 rings (SSSR count). The lowest BCUT2D eigenvalue weighted by atomic mass is 9.83. The molecule has 0 saturated carbocycles. The van der Waals surface area contributed by atoms with Crippen LogP contribution < -0.4 is 5.56 Å². The van der Waals surface area contributed by atoms with Gasteiger partial charge in [0, 0.05) is 38.4 Å². The van der Waals surface area contributed by atoms with Crippen LogP contribution in [-0.2, 0) is 10.2 Å². The van der Waals surface area contributed by atoms with Crippen molar-refractivity contribution < 1.29 is 9.59 Å². The molecular formula is C20H23N3O3. The van der Waals surface area contributed by atoms with Crippen LogP contribution in [0.15, 0.2) is 53.5 Å². The fraction of sp³-hybridized carbons (Fsp3) is 0.350. The molecule has 1 fully saturated rings. The molecule has 0 spiro atoms. The molecule has 0 radical (unpaired) electrons. The zero-order valence-electron chi connectivity index (χ0n) is 15.1. The first-order valence-electron chi connectivity index (χ1n) is 8.72. The molecule has 136 valence electrons. The lowest BCUT2D eigenvalue weighted by Crippen LogP contribution is -2.54. The van der Waals surface area contributed by atoms with Gasteiger partial charge in [-0.05, 0) is 25.5 Å². The van der Waals surface area contributed by atoms with E-state index in [1.165, 1.54) is 18.3 Å². The van der Waals surface area contributed by atoms with E-state index in [-0.39, 0.29) is 17.4 Å². The molecule has 0 atom stereocenters. The van der Waals surface area contributed by atoms with Gasteiger partial charge in [-0.2, -0.15) is 0 Å². The van der Waals surface area contributed by atoms with Gasteiger partial charge in [0.05, 0.1) is 11.0 Å². The number of carbonyl (C=O) groups excluding carboxylic acids is 2. The topological polar surface area (TPSA) is 73.5 Å². The molecule has 1 saturated heterocycles. The Hall–Kier alpha value is -2.89. The predicted molar refractivity (Wildman–Crippen MR) is 99.0 cm³/mol. The van der Waals surface area contributed by atoms with Gasteiger partial charge >= 0.3 is 0 Å². The Morgan fingerprint density at radius 3 is 2.12 bits per heavy atom. The number of aromatic nitrogens is 1. The Morgan fingerprint density at radius 1 is 0.923 bits per heavy atom. The number of hydrogen-bond donors (Lipinski definition) is 1. The van der Waals surface area contributed by atoms with Crippen LogP contribution in [0.1, 0.15) is 29.8 Å². The third-order valence-corrected chi connectivity index (χ3v) is 4.92. The van der Waals surface area contributed by atoms with Gasteiger partial charge in [0.2, 0.25) is 11.5 Å². The number of nitrogens with zero attached hydrogens (tertiary/aromatic N) is 2. The van der Waals surface area contributed by atoms with Gasteiger partial charge in [0.15, 0.2) is 0 Å². The smallest absolute Gasteiger partial charge is 0.255 e. The van der Waals surface area contributed by atoms with E-state index in [9.17, 15) is 14.4 Å². The first-order valence-corrected chi connectivity index (χ1v) is 8.72. The number of aromatic amines is 1. The van der Waals surface area contributed by atoms with Gasteiger partial charge in [-0.1, -0.05) is 30.3 Å². The van der Waals surface area contributed by atoms with Crippen LogP contribution in [0.2, 0.25) is 0 Å². The first-order chi connectivity index (χ1) is 12.4. The minimum absolute atomic E-state index is 0.0693. The Bertz CT molecular complexity index is 830. The number of piperazine rings is 1. The average molecular weight is 353 g/mol. The number of rotatable bonds is 3. The van der Waals surface area contributed by atoms with Gasteiger partial charge in [-0.15, -0.1) is 0 Å². The molecule has 1 aliphatic heterocycles. The number of pyridine rings is 1. The SMILES string of the molecule is CC(C)(C(=O)N1CCN(C(=O)c2ccc(=O)[nH]c2)CC1)c1ccccc1. The summed E-state index contributed by atoms with van der Waals surface area (Å²) >= 11 is 0. The monoisotopic (exact) mass is 353 g/mol. The van der Waals surface area contributed by atoms with E-state index in [0.717, 1.165) is 5.56 Å². The average Bonchev–Trinajstić information content (AvgIpc) is 2.68. The summed E-state index contributed by atoms with van der Waals surface area (Å²) in [6.07, 6.45) is 1.43. The number of hydrogen-bond acceptors (Lipinski definition) is 3. The van der Waals surface area contributed by atoms with Crippen molar-refractivity contribution in [3.63, 3.8) is 0 Å². The normalized spacial score (nSPS) is 15.0. The third kappa shape index (κ3) is 3.54. The summed E-state index contributed by atoms with van der Waals surface area (Å²) < 4.78 is 0. The standard InChI is InChI=1S/C20H23N3O3/c1-20(2,16-6-4-3-5-7-16)19(26)23-12-10-22(11-13-23)18(25)15-8-9-17(24)21-14-15/h3-9,14H,10-13H2,1-2H3,(H,21,24). The van der Waals surface area contributed by atoms with Crippen LogP contribution in [0.5, 0.6) is 0 Å². The summed E-state index contributed by atoms with van der Waals surface area (Å²) in [6.45, 7) is 5.84. The molecule has 2 heterocycles. The van der Waals surface area contributed by atoms with E-state index in [1.807, 2.05) is 49.1 Å². The number of nitrogens with one attached hydrogen (secondary N) is 1. The maximum atomic E-state index is 13.0. The fourth-order valence-electron chi connectivity index (χ4n) is 3.21. The number of benzene rings is 1. The lowest BCUT2D eigenvalue weighted by Gasteiger charge is -2.38. The van der Waals surface area contributed by atoms with Crippen molar-refractivity contribution in [2.75, 3.05) is 26.2 Å². The van der Waals surface area contributed by atoms with Crippen molar-refractivity contribution in [2.45, 2.75) is 19.3 Å². The molecule has 0 unspecified atom stereocenters. The molecule has 1 aliphatic rings. The predicted octanol–water partition coefficient (Wildman–Crippen LogP) is 1.64. The zero-order valence-corrected chi connectivity index (χ0v) is 15.1. The third-order valence-electron chi connectivity index (χ3n) is 4.92. The highest BCUT2D eigenvalue weighted by molar-refractivity contribution is 5.94. The quantitative estimate of drug-likeness (QED) is 0.912. The zero-order chi connectivity index (χ0) is 18.7. The maximum absolute atomic E-state index is 13.0. The van der Waals surface area contributed by atoms with Crippen molar-refractivity contribution in [3.8, 4) is 0 Å². The van der Waals surface area contributed by atoms with Crippen molar-refractivity contribution in [1.82, 2.24) is 14.8 Å². The van der Waals surface area contributed by atoms with E-state index in [0.29, 0.717) is 31.7 Å². The largest absolute Gasteiger partial charge is 0.338 e. The number of amides is 2. The van der Waals surface area contributed by atoms with Gasteiger partial charge in [0.1, 0.15) is 0 Å². The molecule has 2 amide bonds. The summed E-state index contributed by atoms with van der Waals surface area (Å²) in [5.74, 6) is -0.0597. The Balaban J connectivity index is 1.64. The second-order valence-corrected chi connectivity index (χ2v) is 7.02. The van der Waals surface area contributed by atoms with Crippen molar-refractivity contribution in [3.05, 3.63) is 70.1 Å². The van der Waals surface area contributed by atoms with Crippen molar-refractivity contribution in [2.24, 2.45) is 0 Å². The summed E-state index contributed by atoms with van der Waals surface area (Å²) in [5, 5.41) is 0. The van der Waals surface area contributed by atoms with Crippen molar-refractivity contribution in [1.29, 1.82) is 0 Å². The number of H-pyrrole nitrogens is 1. The van der Waals surface area contributed by atoms with Gasteiger partial charge in [0.25, 0.3) is 5.91 Å². The van der Waals surface area contributed by atoms with Crippen LogP contribution in [-0.4, -0.2) is 52.8 Å². The van der Waals surface area contributed by atoms with Gasteiger partial charge < -0.3 is 14.8 Å². The molecule has 26 heavy (non-hydrogen) atoms. The minimum Gasteiger partial charge on any atom is -0.338 e. The Kier molecular flexibility index (Phi) is 4.93. The second-order valence-electron chi connectivity index (χ2n) is 7.02. The van der Waals surface area contributed by atoms with Crippen molar-refractivity contribution >= 4 is 11.8 Å². The molecule has 1 aromatic carbocycles. The lowest BCUT2D eigenvalue weighted by molar-refractivity contribution is -0.137. The van der Waals surface area contributed by atoms with E-state index in [1.54, 1.807) is 4.90 Å². The molecule has 0 aliphatic carbocycles. The first kappa shape index (κ1) is 17.9. The highest BCUT2D eigenvalue weighted by Crippen LogP contribution is 2.26. The summed E-state index contributed by atoms with van der Waals surface area (Å²) in [5.41, 5.74) is 0.595. The summed E-state index contributed by atoms with van der Waals surface area (Å²) in [7, 11) is 0. The van der Waals surface area contributed by atoms with Crippen LogP contribution in [0, 0.1) is 0 Å². The minimum atomic E-state index is -0.605. The number of carbonyl (C=O) groups is 2. The van der Waals surface area contributed by atoms with Crippen LogP contribution in [0.4, 0.5) is 0 Å². The van der Waals surface area contributed by atoms with Gasteiger partial charge in [-0.3, -0.25) is 14.4 Å². The molecule has 2 aromatic rings. The maximum Gasteiger partial charge on any atom is 0.255 e. The van der Waals surface area contributed by atoms with Crippen LogP contribution in [0.3, 0.4) is 0 Å². The fourth-order valence-corrected chi connectivity index (χ4v) is 3.21. The molecular weight excluding hydrogens is 330 g/mol. The van der Waals surface area contributed by atoms with E-state index < -0.39 is 5.41 Å². The Morgan fingerprint density at radius 2 is 1.54 bits per heavy atom. The molecule has 6 heteroatoms. The van der Waals surface area contributed by atoms with Crippen LogP contribution in [0.25, 0.3) is 0 Å². The van der Waals surface area contributed by atoms with E-state index in [2.05, 4.69) is 4.98 Å². The molecule has 6 nitrogen and oxygen atoms in total. The highest BCUT2D eigenvalue weighted by Gasteiger charge is 2.35. The Labute approximate surface area is 152 Å². The second kappa shape index (κ2) is 7.15. The van der Waals surface area contributed by atoms with E-state index in [4.69, 9.17) is 0 Å².